The summed E-state index contributed by atoms with van der Waals surface area (Å²) in [4.78, 5) is 21.7. The van der Waals surface area contributed by atoms with Crippen LogP contribution in [0.25, 0.3) is 10.9 Å². The van der Waals surface area contributed by atoms with Crippen molar-refractivity contribution in [2.45, 2.75) is 19.5 Å². The van der Waals surface area contributed by atoms with Gasteiger partial charge >= 0.3 is 0 Å². The van der Waals surface area contributed by atoms with E-state index in [1.807, 2.05) is 13.8 Å². The largest absolute Gasteiger partial charge is 0.366 e. The molecule has 5 nitrogen and oxygen atoms in total. The predicted octanol–water partition coefficient (Wildman–Crippen LogP) is 2.90. The van der Waals surface area contributed by atoms with Crippen LogP contribution in [0, 0.1) is 5.92 Å². The summed E-state index contributed by atoms with van der Waals surface area (Å²) in [6.45, 7) is 3.97. The fourth-order valence-corrected chi connectivity index (χ4v) is 2.85. The number of aromatic nitrogens is 2. The minimum atomic E-state index is -1.42. The molecule has 0 aliphatic carbocycles. The van der Waals surface area contributed by atoms with Crippen molar-refractivity contribution in [1.29, 1.82) is 0 Å². The Morgan fingerprint density at radius 3 is 2.87 bits per heavy atom. The Labute approximate surface area is 138 Å². The third kappa shape index (κ3) is 3.22. The lowest BCUT2D eigenvalue weighted by Crippen LogP contribution is -2.64. The Kier molecular flexibility index (Phi) is 4.10. The van der Waals surface area contributed by atoms with Crippen LogP contribution in [0.3, 0.4) is 0 Å². The van der Waals surface area contributed by atoms with E-state index in [9.17, 15) is 9.18 Å². The van der Waals surface area contributed by atoms with Crippen LogP contribution in [-0.2, 0) is 4.79 Å². The Balaban J connectivity index is 1.67. The Hall–Kier alpha value is -1.95. The van der Waals surface area contributed by atoms with Gasteiger partial charge in [-0.3, -0.25) is 4.79 Å². The van der Waals surface area contributed by atoms with E-state index in [-0.39, 0.29) is 31.5 Å². The number of anilines is 1. The van der Waals surface area contributed by atoms with Gasteiger partial charge < -0.3 is 10.2 Å². The van der Waals surface area contributed by atoms with E-state index in [1.54, 1.807) is 23.1 Å². The van der Waals surface area contributed by atoms with Crippen LogP contribution >= 0.6 is 11.6 Å². The average Bonchev–Trinajstić information content (AvgIpc) is 2.49. The van der Waals surface area contributed by atoms with E-state index in [1.165, 1.54) is 6.33 Å². The molecule has 7 heteroatoms. The van der Waals surface area contributed by atoms with Gasteiger partial charge in [-0.1, -0.05) is 25.4 Å². The number of alkyl halides is 1. The van der Waals surface area contributed by atoms with Gasteiger partial charge in [-0.05, 0) is 18.2 Å². The first kappa shape index (κ1) is 15.9. The summed E-state index contributed by atoms with van der Waals surface area (Å²) < 4.78 is 14.6. The highest BCUT2D eigenvalue weighted by atomic mass is 35.5. The molecule has 1 aliphatic heterocycles. The Bertz CT molecular complexity index is 746. The van der Waals surface area contributed by atoms with Crippen molar-refractivity contribution < 1.29 is 9.18 Å². The number of rotatable bonds is 4. The smallest absolute Gasteiger partial charge is 0.225 e. The number of hydrogen-bond donors (Lipinski definition) is 1. The molecule has 1 fully saturated rings. The van der Waals surface area contributed by atoms with Crippen LogP contribution in [0.5, 0.6) is 0 Å². The second-order valence-corrected chi connectivity index (χ2v) is 6.67. The number of fused-ring (bicyclic) bond motifs is 1. The Morgan fingerprint density at radius 1 is 1.43 bits per heavy atom. The maximum absolute atomic E-state index is 14.6. The highest BCUT2D eigenvalue weighted by molar-refractivity contribution is 6.31. The summed E-state index contributed by atoms with van der Waals surface area (Å²) in [5.41, 5.74) is -0.720. The van der Waals surface area contributed by atoms with Crippen molar-refractivity contribution in [2.24, 2.45) is 5.92 Å². The summed E-state index contributed by atoms with van der Waals surface area (Å²) in [6.07, 6.45) is 1.42. The van der Waals surface area contributed by atoms with Crippen molar-refractivity contribution in [3.63, 3.8) is 0 Å². The molecule has 23 heavy (non-hydrogen) atoms. The van der Waals surface area contributed by atoms with Crippen molar-refractivity contribution in [3.05, 3.63) is 29.5 Å². The number of likely N-dealkylation sites (tertiary alicyclic amines) is 1. The third-order valence-corrected chi connectivity index (χ3v) is 4.16. The number of nitrogens with zero attached hydrogens (tertiary/aromatic N) is 3. The predicted molar refractivity (Wildman–Crippen MR) is 88.3 cm³/mol. The van der Waals surface area contributed by atoms with Crippen molar-refractivity contribution in [1.82, 2.24) is 14.9 Å². The van der Waals surface area contributed by atoms with Crippen LogP contribution in [0.2, 0.25) is 5.02 Å². The first-order chi connectivity index (χ1) is 10.9. The first-order valence-corrected chi connectivity index (χ1v) is 7.88. The van der Waals surface area contributed by atoms with Gasteiger partial charge in [-0.25, -0.2) is 14.4 Å². The zero-order valence-corrected chi connectivity index (χ0v) is 13.8. The number of benzene rings is 1. The van der Waals surface area contributed by atoms with Gasteiger partial charge in [0, 0.05) is 16.3 Å². The molecule has 1 amide bonds. The highest BCUT2D eigenvalue weighted by Crippen LogP contribution is 2.28. The van der Waals surface area contributed by atoms with Crippen molar-refractivity contribution >= 4 is 34.2 Å². The van der Waals surface area contributed by atoms with Gasteiger partial charge in [-0.2, -0.15) is 0 Å². The zero-order chi connectivity index (χ0) is 16.6. The third-order valence-electron chi connectivity index (χ3n) is 3.93. The second-order valence-electron chi connectivity index (χ2n) is 6.24. The lowest BCUT2D eigenvalue weighted by Gasteiger charge is -2.45. The molecule has 0 atom stereocenters. The number of nitrogens with one attached hydrogen (secondary N) is 1. The maximum Gasteiger partial charge on any atom is 0.225 e. The molecular formula is C16H18ClFN4O. The van der Waals surface area contributed by atoms with Crippen LogP contribution in [0.1, 0.15) is 13.8 Å². The quantitative estimate of drug-likeness (QED) is 0.932. The molecule has 0 bridgehead atoms. The average molecular weight is 337 g/mol. The molecule has 1 saturated heterocycles. The molecule has 1 aromatic carbocycles. The summed E-state index contributed by atoms with van der Waals surface area (Å²) in [7, 11) is 0. The summed E-state index contributed by atoms with van der Waals surface area (Å²) in [5.74, 6) is 0.445. The van der Waals surface area contributed by atoms with Crippen LogP contribution in [-0.4, -0.2) is 46.1 Å². The van der Waals surface area contributed by atoms with Gasteiger partial charge in [0.25, 0.3) is 0 Å². The maximum atomic E-state index is 14.6. The zero-order valence-electron chi connectivity index (χ0n) is 13.0. The van der Waals surface area contributed by atoms with Gasteiger partial charge in [0.1, 0.15) is 12.1 Å². The van der Waals surface area contributed by atoms with Crippen molar-refractivity contribution in [2.75, 3.05) is 25.0 Å². The number of hydrogen-bond acceptors (Lipinski definition) is 4. The molecule has 0 saturated carbocycles. The fourth-order valence-electron chi connectivity index (χ4n) is 2.68. The molecule has 2 heterocycles. The van der Waals surface area contributed by atoms with Crippen LogP contribution in [0.4, 0.5) is 10.2 Å². The van der Waals surface area contributed by atoms with Gasteiger partial charge in [0.15, 0.2) is 5.67 Å². The molecule has 0 spiro atoms. The van der Waals surface area contributed by atoms with E-state index in [0.29, 0.717) is 16.4 Å². The van der Waals surface area contributed by atoms with Crippen LogP contribution < -0.4 is 5.32 Å². The minimum Gasteiger partial charge on any atom is -0.366 e. The summed E-state index contributed by atoms with van der Waals surface area (Å²) in [5, 5.41) is 4.41. The number of amides is 1. The molecule has 1 aliphatic rings. The highest BCUT2D eigenvalue weighted by Gasteiger charge is 2.46. The fraction of sp³-hybridized carbons (Fsp3) is 0.438. The Morgan fingerprint density at radius 2 is 2.17 bits per heavy atom. The molecule has 2 aromatic rings. The van der Waals surface area contributed by atoms with Crippen LogP contribution in [0.15, 0.2) is 24.5 Å². The van der Waals surface area contributed by atoms with E-state index in [4.69, 9.17) is 11.6 Å². The first-order valence-electron chi connectivity index (χ1n) is 7.50. The van der Waals surface area contributed by atoms with E-state index < -0.39 is 5.67 Å². The number of halogens is 2. The molecule has 1 aromatic heterocycles. The topological polar surface area (TPSA) is 58.1 Å². The molecular weight excluding hydrogens is 319 g/mol. The number of carbonyl (C=O) groups is 1. The molecule has 0 unspecified atom stereocenters. The normalized spacial score (nSPS) is 16.5. The minimum absolute atomic E-state index is 0.0135. The second kappa shape index (κ2) is 5.92. The van der Waals surface area contributed by atoms with Gasteiger partial charge in [0.2, 0.25) is 5.91 Å². The molecule has 122 valence electrons. The van der Waals surface area contributed by atoms with E-state index >= 15 is 0 Å². The lowest BCUT2D eigenvalue weighted by molar-refractivity contribution is -0.147. The summed E-state index contributed by atoms with van der Waals surface area (Å²) >= 11 is 5.95. The number of carbonyl (C=O) groups excluding carboxylic acids is 1. The van der Waals surface area contributed by atoms with Crippen molar-refractivity contribution in [3.8, 4) is 0 Å². The van der Waals surface area contributed by atoms with E-state index in [2.05, 4.69) is 15.3 Å². The molecule has 1 N–H and O–H groups in total. The van der Waals surface area contributed by atoms with Gasteiger partial charge in [-0.15, -0.1) is 0 Å². The standard InChI is InChI=1S/C16H18ClFN4O/c1-10(2)15(23)22-7-16(18,8-22)6-19-14-12-4-3-11(17)5-13(12)20-9-21-14/h3-5,9-10H,6-8H2,1-2H3,(H,19,20,21). The summed E-state index contributed by atoms with van der Waals surface area (Å²) in [6, 6.07) is 5.29. The lowest BCUT2D eigenvalue weighted by atomic mass is 9.94. The molecule has 3 rings (SSSR count). The van der Waals surface area contributed by atoms with Gasteiger partial charge in [0.05, 0.1) is 25.2 Å². The monoisotopic (exact) mass is 336 g/mol. The SMILES string of the molecule is CC(C)C(=O)N1CC(F)(CNc2ncnc3cc(Cl)ccc23)C1. The van der Waals surface area contributed by atoms with E-state index in [0.717, 1.165) is 5.39 Å². The molecule has 0 radical (unpaired) electrons.